The lowest BCUT2D eigenvalue weighted by molar-refractivity contribution is -0.145. The Morgan fingerprint density at radius 2 is 1.76 bits per heavy atom. The monoisotopic (exact) mass is 344 g/mol. The highest BCUT2D eigenvalue weighted by Gasteiger charge is 2.33. The number of benzene rings is 1. The van der Waals surface area contributed by atoms with Crippen molar-refractivity contribution in [3.05, 3.63) is 41.1 Å². The summed E-state index contributed by atoms with van der Waals surface area (Å²) in [4.78, 5) is 24.7. The molecule has 2 amide bonds. The average molecular weight is 344 g/mol. The van der Waals surface area contributed by atoms with Crippen LogP contribution in [-0.4, -0.2) is 23.2 Å². The number of hydrogen-bond donors (Lipinski definition) is 3. The Balaban J connectivity index is 1.83. The van der Waals surface area contributed by atoms with E-state index in [2.05, 4.69) is 10.6 Å². The van der Waals surface area contributed by atoms with E-state index in [9.17, 15) is 14.7 Å². The summed E-state index contributed by atoms with van der Waals surface area (Å²) >= 11 is 0. The van der Waals surface area contributed by atoms with Crippen LogP contribution in [0.2, 0.25) is 0 Å². The lowest BCUT2D eigenvalue weighted by atomic mass is 9.95. The third-order valence-electron chi connectivity index (χ3n) is 4.79. The van der Waals surface area contributed by atoms with Gasteiger partial charge in [-0.25, -0.2) is 9.59 Å². The van der Waals surface area contributed by atoms with Crippen LogP contribution in [0, 0.1) is 0 Å². The highest BCUT2D eigenvalue weighted by atomic mass is 16.5. The van der Waals surface area contributed by atoms with Crippen molar-refractivity contribution in [2.45, 2.75) is 57.6 Å². The Labute approximate surface area is 147 Å². The Kier molecular flexibility index (Phi) is 5.26. The Hall–Kier alpha value is -2.50. The third-order valence-corrected chi connectivity index (χ3v) is 4.79. The molecule has 1 heterocycles. The zero-order valence-corrected chi connectivity index (χ0v) is 14.4. The Morgan fingerprint density at radius 1 is 1.12 bits per heavy atom. The molecule has 1 aromatic carbocycles. The van der Waals surface area contributed by atoms with Crippen LogP contribution < -0.4 is 10.6 Å². The second-order valence-electron chi connectivity index (χ2n) is 6.68. The molecular formula is C19H24N2O4. The third kappa shape index (κ3) is 4.13. The van der Waals surface area contributed by atoms with Gasteiger partial charge in [0.25, 0.3) is 0 Å². The van der Waals surface area contributed by atoms with Crippen LogP contribution in [0.3, 0.4) is 0 Å². The van der Waals surface area contributed by atoms with Gasteiger partial charge in [0.15, 0.2) is 0 Å². The lowest BCUT2D eigenvalue weighted by Gasteiger charge is -2.29. The number of phenolic OH excluding ortho intramolecular Hbond substituents is 1. The molecule has 1 aromatic rings. The summed E-state index contributed by atoms with van der Waals surface area (Å²) in [6, 6.07) is 5.50. The number of urea groups is 1. The summed E-state index contributed by atoms with van der Waals surface area (Å²) in [5.41, 5.74) is 1.63. The molecule has 1 fully saturated rings. The van der Waals surface area contributed by atoms with E-state index in [1.807, 2.05) is 0 Å². The topological polar surface area (TPSA) is 87.7 Å². The molecular weight excluding hydrogens is 320 g/mol. The number of esters is 1. The van der Waals surface area contributed by atoms with E-state index in [0.29, 0.717) is 11.3 Å². The Bertz CT molecular complexity index is 673. The van der Waals surface area contributed by atoms with Gasteiger partial charge in [-0.15, -0.1) is 0 Å². The van der Waals surface area contributed by atoms with E-state index in [-0.39, 0.29) is 17.9 Å². The first-order chi connectivity index (χ1) is 12.0. The molecule has 6 heteroatoms. The van der Waals surface area contributed by atoms with Crippen molar-refractivity contribution in [2.24, 2.45) is 0 Å². The number of nitrogens with one attached hydrogen (secondary N) is 2. The number of rotatable bonds is 3. The smallest absolute Gasteiger partial charge is 0.338 e. The predicted molar refractivity (Wildman–Crippen MR) is 92.8 cm³/mol. The zero-order chi connectivity index (χ0) is 17.8. The molecule has 134 valence electrons. The van der Waals surface area contributed by atoms with Crippen molar-refractivity contribution in [1.82, 2.24) is 10.6 Å². The Morgan fingerprint density at radius 3 is 2.40 bits per heavy atom. The molecule has 0 saturated heterocycles. The normalized spacial score (nSPS) is 22.0. The number of amides is 2. The molecule has 6 nitrogen and oxygen atoms in total. The predicted octanol–water partition coefficient (Wildman–Crippen LogP) is 3.29. The van der Waals surface area contributed by atoms with Crippen LogP contribution >= 0.6 is 0 Å². The van der Waals surface area contributed by atoms with Crippen LogP contribution in [0.15, 0.2) is 35.5 Å². The molecule has 25 heavy (non-hydrogen) atoms. The van der Waals surface area contributed by atoms with Crippen LogP contribution in [-0.2, 0) is 9.53 Å². The maximum atomic E-state index is 12.8. The SMILES string of the molecule is CC1=C(C(=O)OC2CCCCCC2)C(c2ccc(O)cc2)NC(=O)N1. The number of carbonyl (C=O) groups excluding carboxylic acids is 2. The van der Waals surface area contributed by atoms with E-state index >= 15 is 0 Å². The molecule has 1 aliphatic heterocycles. The van der Waals surface area contributed by atoms with Crippen LogP contribution in [0.25, 0.3) is 0 Å². The number of ether oxygens (including phenoxy) is 1. The molecule has 3 rings (SSSR count). The maximum Gasteiger partial charge on any atom is 0.338 e. The second kappa shape index (κ2) is 7.59. The van der Waals surface area contributed by atoms with Crippen molar-refractivity contribution in [3.63, 3.8) is 0 Å². The number of phenols is 1. The molecule has 1 aliphatic carbocycles. The number of aromatic hydroxyl groups is 1. The molecule has 3 N–H and O–H groups in total. The molecule has 0 aromatic heterocycles. The molecule has 0 bridgehead atoms. The standard InChI is InChI=1S/C19H24N2O4/c1-12-16(18(23)25-15-6-4-2-3-5-7-15)17(21-19(24)20-12)13-8-10-14(22)11-9-13/h8-11,15,17,22H,2-7H2,1H3,(H2,20,21,24). The van der Waals surface area contributed by atoms with Gasteiger partial charge in [0.2, 0.25) is 0 Å². The summed E-state index contributed by atoms with van der Waals surface area (Å²) < 4.78 is 5.75. The van der Waals surface area contributed by atoms with E-state index in [0.717, 1.165) is 31.2 Å². The van der Waals surface area contributed by atoms with Gasteiger partial charge in [-0.3, -0.25) is 0 Å². The highest BCUT2D eigenvalue weighted by Crippen LogP contribution is 2.30. The van der Waals surface area contributed by atoms with Gasteiger partial charge < -0.3 is 20.5 Å². The zero-order valence-electron chi connectivity index (χ0n) is 14.4. The van der Waals surface area contributed by atoms with Crippen LogP contribution in [0.5, 0.6) is 5.75 Å². The van der Waals surface area contributed by atoms with Gasteiger partial charge in [-0.2, -0.15) is 0 Å². The van der Waals surface area contributed by atoms with Gasteiger partial charge in [0.1, 0.15) is 11.9 Å². The largest absolute Gasteiger partial charge is 0.508 e. The summed E-state index contributed by atoms with van der Waals surface area (Å²) in [5.74, 6) is -0.262. The number of carbonyl (C=O) groups is 2. The fraction of sp³-hybridized carbons (Fsp3) is 0.474. The van der Waals surface area contributed by atoms with E-state index in [1.54, 1.807) is 19.1 Å². The minimum atomic E-state index is -0.590. The first-order valence-corrected chi connectivity index (χ1v) is 8.83. The van der Waals surface area contributed by atoms with E-state index < -0.39 is 12.0 Å². The lowest BCUT2D eigenvalue weighted by Crippen LogP contribution is -2.45. The van der Waals surface area contributed by atoms with Crippen LogP contribution in [0.1, 0.15) is 57.1 Å². The van der Waals surface area contributed by atoms with E-state index in [1.165, 1.54) is 25.0 Å². The van der Waals surface area contributed by atoms with Crippen LogP contribution in [0.4, 0.5) is 4.79 Å². The van der Waals surface area contributed by atoms with Crippen molar-refractivity contribution in [2.75, 3.05) is 0 Å². The van der Waals surface area contributed by atoms with Gasteiger partial charge in [-0.1, -0.05) is 25.0 Å². The fourth-order valence-electron chi connectivity index (χ4n) is 3.46. The average Bonchev–Trinajstić information content (AvgIpc) is 2.83. The number of allylic oxidation sites excluding steroid dienone is 1. The minimum Gasteiger partial charge on any atom is -0.508 e. The molecule has 1 unspecified atom stereocenters. The minimum absolute atomic E-state index is 0.0617. The maximum absolute atomic E-state index is 12.8. The van der Waals surface area contributed by atoms with Gasteiger partial charge in [0, 0.05) is 5.70 Å². The van der Waals surface area contributed by atoms with Gasteiger partial charge >= 0.3 is 12.0 Å². The highest BCUT2D eigenvalue weighted by molar-refractivity contribution is 5.95. The summed E-state index contributed by atoms with van der Waals surface area (Å²) in [7, 11) is 0. The molecule has 0 radical (unpaired) electrons. The van der Waals surface area contributed by atoms with Gasteiger partial charge in [0.05, 0.1) is 11.6 Å². The summed E-state index contributed by atoms with van der Waals surface area (Å²) in [6.07, 6.45) is 6.24. The van der Waals surface area contributed by atoms with Crippen molar-refractivity contribution in [3.8, 4) is 5.75 Å². The molecule has 2 aliphatic rings. The molecule has 1 atom stereocenters. The fourth-order valence-corrected chi connectivity index (χ4v) is 3.46. The summed E-state index contributed by atoms with van der Waals surface area (Å²) in [6.45, 7) is 1.70. The first kappa shape index (κ1) is 17.3. The summed E-state index contributed by atoms with van der Waals surface area (Å²) in [5, 5.41) is 14.9. The second-order valence-corrected chi connectivity index (χ2v) is 6.68. The quantitative estimate of drug-likeness (QED) is 0.580. The van der Waals surface area contributed by atoms with Gasteiger partial charge in [-0.05, 0) is 50.3 Å². The van der Waals surface area contributed by atoms with Crippen molar-refractivity contribution < 1.29 is 19.4 Å². The van der Waals surface area contributed by atoms with Crippen molar-refractivity contribution >= 4 is 12.0 Å². The first-order valence-electron chi connectivity index (χ1n) is 8.83. The molecule has 0 spiro atoms. The number of hydrogen-bond acceptors (Lipinski definition) is 4. The molecule has 1 saturated carbocycles. The van der Waals surface area contributed by atoms with Crippen molar-refractivity contribution in [1.29, 1.82) is 0 Å². The van der Waals surface area contributed by atoms with E-state index in [4.69, 9.17) is 4.74 Å².